The molecule has 4 rings (SSSR count). The molecule has 1 aromatic carbocycles. The van der Waals surface area contributed by atoms with Crippen LogP contribution in [0.5, 0.6) is 0 Å². The van der Waals surface area contributed by atoms with Gasteiger partial charge in [0.15, 0.2) is 5.60 Å². The molecule has 0 bridgehead atoms. The first-order valence-electron chi connectivity index (χ1n) is 16.5. The fraction of sp³-hybridized carbons (Fsp3) is 0.657. The second kappa shape index (κ2) is 14.4. The van der Waals surface area contributed by atoms with Gasteiger partial charge in [-0.25, -0.2) is 0 Å². The first-order chi connectivity index (χ1) is 22.0. The fourth-order valence-electron chi connectivity index (χ4n) is 6.14. The predicted octanol–water partition coefficient (Wildman–Crippen LogP) is 4.37. The van der Waals surface area contributed by atoms with Crippen molar-refractivity contribution >= 4 is 46.6 Å². The van der Waals surface area contributed by atoms with Crippen LogP contribution in [-0.2, 0) is 33.5 Å². The Morgan fingerprint density at radius 3 is 2.43 bits per heavy atom. The minimum Gasteiger partial charge on any atom is -0.387 e. The molecule has 0 unspecified atom stereocenters. The molecule has 47 heavy (non-hydrogen) atoms. The van der Waals surface area contributed by atoms with E-state index in [2.05, 4.69) is 15.8 Å². The normalized spacial score (nSPS) is 22.3. The molecule has 1 aromatic rings. The average molecular weight is 673 g/mol. The molecule has 0 radical (unpaired) electrons. The lowest BCUT2D eigenvalue weighted by Gasteiger charge is -2.36. The zero-order valence-electron chi connectivity index (χ0n) is 28.6. The summed E-state index contributed by atoms with van der Waals surface area (Å²) in [7, 11) is 1.52. The van der Waals surface area contributed by atoms with E-state index >= 15 is 0 Å². The van der Waals surface area contributed by atoms with Gasteiger partial charge < -0.3 is 25.1 Å². The van der Waals surface area contributed by atoms with Gasteiger partial charge in [-0.1, -0.05) is 63.0 Å². The molecule has 1 aliphatic carbocycles. The summed E-state index contributed by atoms with van der Waals surface area (Å²) in [5, 5.41) is 10.6. The molecule has 0 aromatic heterocycles. The van der Waals surface area contributed by atoms with Crippen molar-refractivity contribution in [2.75, 3.05) is 13.7 Å². The summed E-state index contributed by atoms with van der Waals surface area (Å²) in [5.74, 6) is -2.23. The molecule has 3 aliphatic rings. The zero-order chi connectivity index (χ0) is 34.7. The summed E-state index contributed by atoms with van der Waals surface area (Å²) >= 11 is 6.23. The Hall–Kier alpha value is -3.31. The molecule has 2 fully saturated rings. The number of likely N-dealkylation sites (tertiary alicyclic amines) is 1. The quantitative estimate of drug-likeness (QED) is 0.279. The van der Waals surface area contributed by atoms with Crippen molar-refractivity contribution in [2.24, 2.45) is 16.5 Å². The Bertz CT molecular complexity index is 1420. The molecule has 2 aliphatic heterocycles. The molecule has 1 saturated carbocycles. The van der Waals surface area contributed by atoms with E-state index in [9.17, 15) is 24.0 Å². The smallest absolute Gasteiger partial charge is 0.246 e. The lowest BCUT2D eigenvalue weighted by molar-refractivity contribution is -0.145. The van der Waals surface area contributed by atoms with Gasteiger partial charge in [0.05, 0.1) is 30.3 Å². The number of oxime groups is 1. The van der Waals surface area contributed by atoms with E-state index in [0.717, 1.165) is 18.4 Å². The molecule has 1 spiro atoms. The number of carbonyl (C=O) groups is 5. The lowest BCUT2D eigenvalue weighted by atomic mass is 9.85. The Kier molecular flexibility index (Phi) is 11.2. The van der Waals surface area contributed by atoms with Crippen LogP contribution in [-0.4, -0.2) is 82.9 Å². The maximum atomic E-state index is 14.5. The molecule has 11 nitrogen and oxygen atoms in total. The van der Waals surface area contributed by atoms with Gasteiger partial charge in [0, 0.05) is 37.0 Å². The summed E-state index contributed by atoms with van der Waals surface area (Å²) in [6.45, 7) is 11.0. The van der Waals surface area contributed by atoms with Gasteiger partial charge >= 0.3 is 0 Å². The fourth-order valence-corrected chi connectivity index (χ4v) is 6.33. The van der Waals surface area contributed by atoms with E-state index in [-0.39, 0.29) is 37.6 Å². The molecule has 258 valence electrons. The summed E-state index contributed by atoms with van der Waals surface area (Å²) in [6, 6.07) is 4.17. The van der Waals surface area contributed by atoms with Gasteiger partial charge in [0.2, 0.25) is 29.3 Å². The maximum absolute atomic E-state index is 14.5. The van der Waals surface area contributed by atoms with Crippen LogP contribution in [0.1, 0.15) is 98.5 Å². The van der Waals surface area contributed by atoms with E-state index in [1.54, 1.807) is 26.0 Å². The highest BCUT2D eigenvalue weighted by Crippen LogP contribution is 2.40. The highest BCUT2D eigenvalue weighted by atomic mass is 35.5. The van der Waals surface area contributed by atoms with E-state index < -0.39 is 58.1 Å². The second-order valence-corrected chi connectivity index (χ2v) is 15.4. The zero-order valence-corrected chi connectivity index (χ0v) is 29.4. The third-order valence-electron chi connectivity index (χ3n) is 9.20. The molecule has 3 amide bonds. The topological polar surface area (TPSA) is 143 Å². The first kappa shape index (κ1) is 36.5. The molecule has 2 N–H and O–H groups in total. The Morgan fingerprint density at radius 1 is 1.13 bits per heavy atom. The van der Waals surface area contributed by atoms with Crippen LogP contribution in [0.2, 0.25) is 5.02 Å². The number of hydrogen-bond acceptors (Lipinski definition) is 8. The summed E-state index contributed by atoms with van der Waals surface area (Å²) in [4.78, 5) is 75.1. The molecule has 4 atom stereocenters. The molecule has 2 heterocycles. The second-order valence-electron chi connectivity index (χ2n) is 15.0. The minimum atomic E-state index is -1.04. The number of carbonyl (C=O) groups excluding carboxylic acids is 5. The molecule has 1 saturated heterocycles. The predicted molar refractivity (Wildman–Crippen MR) is 178 cm³/mol. The number of nitrogens with one attached hydrogen (secondary N) is 2. The van der Waals surface area contributed by atoms with Crippen molar-refractivity contribution in [2.45, 2.75) is 122 Å². The van der Waals surface area contributed by atoms with E-state index in [0.29, 0.717) is 30.0 Å². The van der Waals surface area contributed by atoms with Crippen LogP contribution < -0.4 is 10.6 Å². The average Bonchev–Trinajstić information content (AvgIpc) is 3.59. The van der Waals surface area contributed by atoms with Crippen LogP contribution in [0.4, 0.5) is 0 Å². The van der Waals surface area contributed by atoms with Crippen molar-refractivity contribution in [1.82, 2.24) is 15.5 Å². The Balaban J connectivity index is 1.61. The number of methoxy groups -OCH3 is 1. The van der Waals surface area contributed by atoms with E-state index in [4.69, 9.17) is 21.2 Å². The van der Waals surface area contributed by atoms with Crippen LogP contribution in [0.3, 0.4) is 0 Å². The lowest BCUT2D eigenvalue weighted by Crippen LogP contribution is -2.59. The van der Waals surface area contributed by atoms with Gasteiger partial charge in [-0.2, -0.15) is 0 Å². The Labute approximate surface area is 282 Å². The van der Waals surface area contributed by atoms with Crippen molar-refractivity contribution in [3.63, 3.8) is 0 Å². The highest BCUT2D eigenvalue weighted by Gasteiger charge is 2.55. The van der Waals surface area contributed by atoms with Gasteiger partial charge in [-0.15, -0.1) is 0 Å². The van der Waals surface area contributed by atoms with Crippen LogP contribution in [0, 0.1) is 11.3 Å². The molecule has 12 heteroatoms. The van der Waals surface area contributed by atoms with Crippen LogP contribution in [0.25, 0.3) is 0 Å². The van der Waals surface area contributed by atoms with Gasteiger partial charge in [-0.3, -0.25) is 24.0 Å². The third-order valence-corrected chi connectivity index (χ3v) is 9.43. The highest BCUT2D eigenvalue weighted by molar-refractivity contribution is 6.39. The number of benzene rings is 1. The first-order valence-corrected chi connectivity index (χ1v) is 16.9. The summed E-state index contributed by atoms with van der Waals surface area (Å²) < 4.78 is 5.42. The number of rotatable bonds is 14. The van der Waals surface area contributed by atoms with Crippen molar-refractivity contribution < 1.29 is 33.5 Å². The van der Waals surface area contributed by atoms with E-state index in [1.807, 2.05) is 39.8 Å². The monoisotopic (exact) mass is 672 g/mol. The SMILES string of the molecule is CCC[C@H](NC(=O)[C@@H]1C[C@]2(CC(c3cccc(Cl)c3)=NO2)CN1C(=O)[C@@H](NC(=O)CC(C)(C)OC)C(C)(C)C)C(=O)C(=O)CC1CC1. The van der Waals surface area contributed by atoms with E-state index in [1.165, 1.54) is 12.0 Å². The number of halogens is 1. The standard InChI is InChI=1S/C35H49ClN4O7/c1-8-10-24(29(43)27(41)15-21-13-14-21)37-31(44)26-18-35(17-25(39-47-35)22-11-9-12-23(36)16-22)20-40(26)32(45)30(33(2,3)4)38-28(42)19-34(5,6)46-7/h9,11-12,16,21,24,26,30H,8,10,13-15,17-20H2,1-7H3,(H,37,44)(H,38,42)/t24-,26-,30+,35+/m0/s1. The third kappa shape index (κ3) is 9.19. The minimum absolute atomic E-state index is 0.0207. The number of ketones is 2. The maximum Gasteiger partial charge on any atom is 0.246 e. The van der Waals surface area contributed by atoms with Gasteiger partial charge in [0.1, 0.15) is 12.1 Å². The van der Waals surface area contributed by atoms with Gasteiger partial charge in [-0.05, 0) is 56.6 Å². The van der Waals surface area contributed by atoms with Crippen LogP contribution >= 0.6 is 11.6 Å². The number of ether oxygens (including phenoxy) is 1. The molecular formula is C35H49ClN4O7. The molecular weight excluding hydrogens is 624 g/mol. The number of nitrogens with zero attached hydrogens (tertiary/aromatic N) is 2. The summed E-state index contributed by atoms with van der Waals surface area (Å²) in [5.41, 5.74) is -1.10. The van der Waals surface area contributed by atoms with Gasteiger partial charge in [0.25, 0.3) is 0 Å². The van der Waals surface area contributed by atoms with Crippen molar-refractivity contribution in [3.8, 4) is 0 Å². The largest absolute Gasteiger partial charge is 0.387 e. The number of hydrogen-bond donors (Lipinski definition) is 2. The number of amides is 3. The Morgan fingerprint density at radius 2 is 1.83 bits per heavy atom. The number of Topliss-reactive ketones (excluding diaryl/α,β-unsaturated/α-hetero) is 2. The summed E-state index contributed by atoms with van der Waals surface area (Å²) in [6.07, 6.45) is 3.35. The van der Waals surface area contributed by atoms with Crippen molar-refractivity contribution in [3.05, 3.63) is 34.9 Å². The van der Waals surface area contributed by atoms with Crippen LogP contribution in [0.15, 0.2) is 29.4 Å². The van der Waals surface area contributed by atoms with Crippen molar-refractivity contribution in [1.29, 1.82) is 0 Å².